The number of hydrogen-bond donors (Lipinski definition) is 0. The van der Waals surface area contributed by atoms with Gasteiger partial charge in [0.05, 0.1) is 17.1 Å². The van der Waals surface area contributed by atoms with Gasteiger partial charge in [0.1, 0.15) is 5.41 Å². The molecule has 2 heteroatoms. The normalized spacial score (nSPS) is 15.6. The molecular weight excluding hydrogens is 544 g/mol. The van der Waals surface area contributed by atoms with Gasteiger partial charge in [-0.15, -0.1) is 0 Å². The maximum absolute atomic E-state index is 5.59. The fourth-order valence-electron chi connectivity index (χ4n) is 7.07. The first kappa shape index (κ1) is 29.2. The van der Waals surface area contributed by atoms with Gasteiger partial charge in [-0.25, -0.2) is 0 Å². The van der Waals surface area contributed by atoms with Crippen molar-refractivity contribution in [3.63, 3.8) is 0 Å². The predicted molar refractivity (Wildman–Crippen MR) is 189 cm³/mol. The number of rotatable bonds is 4. The molecule has 2 aliphatic rings. The summed E-state index contributed by atoms with van der Waals surface area (Å²) >= 11 is 0. The number of allylic oxidation sites excluding steroid dienone is 2. The van der Waals surface area contributed by atoms with Crippen LogP contribution in [0.3, 0.4) is 0 Å². The molecular formula is C43H42N2. The first-order chi connectivity index (χ1) is 21.6. The Kier molecular flexibility index (Phi) is 7.00. The summed E-state index contributed by atoms with van der Waals surface area (Å²) in [6.07, 6.45) is 4.22. The van der Waals surface area contributed by atoms with E-state index in [0.717, 1.165) is 41.2 Å². The Hall–Kier alpha value is -4.56. The van der Waals surface area contributed by atoms with Crippen LogP contribution >= 0.6 is 0 Å². The molecule has 7 rings (SSSR count). The summed E-state index contributed by atoms with van der Waals surface area (Å²) in [5.74, 6) is 0. The number of nitrogens with zero attached hydrogens (tertiary/aromatic N) is 2. The summed E-state index contributed by atoms with van der Waals surface area (Å²) in [6, 6.07) is 42.1. The minimum absolute atomic E-state index is 0.0560. The zero-order chi connectivity index (χ0) is 31.4. The van der Waals surface area contributed by atoms with Gasteiger partial charge in [-0.3, -0.25) is 9.98 Å². The minimum atomic E-state index is -0.627. The van der Waals surface area contributed by atoms with Crippen LogP contribution in [0.4, 0.5) is 0 Å². The molecule has 2 heterocycles. The summed E-state index contributed by atoms with van der Waals surface area (Å²) in [7, 11) is 0. The van der Waals surface area contributed by atoms with E-state index in [4.69, 9.17) is 9.98 Å². The Morgan fingerprint density at radius 1 is 0.578 bits per heavy atom. The minimum Gasteiger partial charge on any atom is -0.256 e. The second kappa shape index (κ2) is 10.8. The van der Waals surface area contributed by atoms with E-state index >= 15 is 0 Å². The lowest BCUT2D eigenvalue weighted by Crippen LogP contribution is -2.32. The summed E-state index contributed by atoms with van der Waals surface area (Å²) < 4.78 is 0. The lowest BCUT2D eigenvalue weighted by Gasteiger charge is -2.34. The second-order valence-corrected chi connectivity index (χ2v) is 14.6. The Morgan fingerprint density at radius 3 is 1.76 bits per heavy atom. The highest BCUT2D eigenvalue weighted by molar-refractivity contribution is 6.02. The van der Waals surface area contributed by atoms with Gasteiger partial charge >= 0.3 is 0 Å². The van der Waals surface area contributed by atoms with Crippen molar-refractivity contribution in [1.82, 2.24) is 4.98 Å². The van der Waals surface area contributed by atoms with Crippen molar-refractivity contribution < 1.29 is 0 Å². The zero-order valence-electron chi connectivity index (χ0n) is 27.4. The van der Waals surface area contributed by atoms with Gasteiger partial charge in [0.2, 0.25) is 0 Å². The topological polar surface area (TPSA) is 25.2 Å². The predicted octanol–water partition coefficient (Wildman–Crippen LogP) is 10.8. The second-order valence-electron chi connectivity index (χ2n) is 14.6. The molecule has 0 N–H and O–H groups in total. The van der Waals surface area contributed by atoms with Crippen LogP contribution in [0.15, 0.2) is 132 Å². The smallest absolute Gasteiger partial charge is 0.105 e. The highest BCUT2D eigenvalue weighted by Crippen LogP contribution is 2.56. The number of aromatic nitrogens is 1. The van der Waals surface area contributed by atoms with E-state index in [1.54, 1.807) is 0 Å². The molecule has 4 aromatic carbocycles. The molecule has 0 bridgehead atoms. The molecule has 224 valence electrons. The molecule has 0 saturated heterocycles. The van der Waals surface area contributed by atoms with E-state index in [1.165, 1.54) is 38.9 Å². The summed E-state index contributed by atoms with van der Waals surface area (Å²) in [6.45, 7) is 13.6. The van der Waals surface area contributed by atoms with Crippen LogP contribution < -0.4 is 0 Å². The number of hydrogen-bond acceptors (Lipinski definition) is 2. The molecule has 1 aliphatic heterocycles. The molecule has 0 saturated carbocycles. The largest absolute Gasteiger partial charge is 0.256 e. The third kappa shape index (κ3) is 4.97. The van der Waals surface area contributed by atoms with Gasteiger partial charge in [0.25, 0.3) is 0 Å². The van der Waals surface area contributed by atoms with Crippen molar-refractivity contribution >= 4 is 5.71 Å². The Morgan fingerprint density at radius 2 is 1.13 bits per heavy atom. The molecule has 0 amide bonds. The number of fused-ring (bicyclic) bond motifs is 3. The SMILES string of the molecule is CC(C)(C)c1cccc(C2=NC(C3(c4cccc(-c5cccc(C(C)(C)C)c5)n4)c4ccccc4-c4ccccc43)=CCC2)c1. The van der Waals surface area contributed by atoms with E-state index in [0.29, 0.717) is 0 Å². The molecule has 0 fully saturated rings. The summed E-state index contributed by atoms with van der Waals surface area (Å²) in [5, 5.41) is 0. The van der Waals surface area contributed by atoms with Gasteiger partial charge in [-0.05, 0) is 86.9 Å². The van der Waals surface area contributed by atoms with Crippen molar-refractivity contribution in [2.75, 3.05) is 0 Å². The van der Waals surface area contributed by atoms with Crippen molar-refractivity contribution in [3.8, 4) is 22.4 Å². The van der Waals surface area contributed by atoms with Crippen LogP contribution in [-0.2, 0) is 16.2 Å². The van der Waals surface area contributed by atoms with Crippen molar-refractivity contribution in [3.05, 3.63) is 161 Å². The van der Waals surface area contributed by atoms with E-state index < -0.39 is 5.41 Å². The Balaban J connectivity index is 1.47. The van der Waals surface area contributed by atoms with Crippen LogP contribution in [0.2, 0.25) is 0 Å². The highest BCUT2D eigenvalue weighted by atomic mass is 14.9. The standard InChI is InChI=1S/C43H42N2/c1-41(2,3)31-17-11-15-29(27-31)37-23-13-25-39(44-37)43(35-21-9-7-19-33(35)34-20-8-10-22-36(34)43)40-26-14-24-38(45-40)30-16-12-18-32(28-30)42(4,5)6/h7-13,15-23,25-28H,14,24H2,1-6H3. The quantitative estimate of drug-likeness (QED) is 0.206. The molecule has 0 spiro atoms. The van der Waals surface area contributed by atoms with Gasteiger partial charge in [-0.1, -0.05) is 139 Å². The molecule has 2 nitrogen and oxygen atoms in total. The van der Waals surface area contributed by atoms with Crippen molar-refractivity contribution in [1.29, 1.82) is 0 Å². The van der Waals surface area contributed by atoms with Crippen LogP contribution in [-0.4, -0.2) is 10.7 Å². The molecule has 0 unspecified atom stereocenters. The summed E-state index contributed by atoms with van der Waals surface area (Å²) in [4.78, 5) is 11.1. The average molecular weight is 587 g/mol. The molecule has 1 aromatic heterocycles. The Bertz CT molecular complexity index is 1930. The van der Waals surface area contributed by atoms with Gasteiger partial charge in [-0.2, -0.15) is 0 Å². The molecule has 45 heavy (non-hydrogen) atoms. The van der Waals surface area contributed by atoms with Crippen molar-refractivity contribution in [2.45, 2.75) is 70.6 Å². The van der Waals surface area contributed by atoms with E-state index in [1.807, 2.05) is 0 Å². The van der Waals surface area contributed by atoms with Crippen LogP contribution in [0, 0.1) is 0 Å². The third-order valence-electron chi connectivity index (χ3n) is 9.53. The lowest BCUT2D eigenvalue weighted by molar-refractivity contribution is 0.590. The van der Waals surface area contributed by atoms with Crippen LogP contribution in [0.25, 0.3) is 22.4 Å². The fraction of sp³-hybridized carbons (Fsp3) is 0.256. The molecule has 5 aromatic rings. The van der Waals surface area contributed by atoms with Gasteiger partial charge in [0.15, 0.2) is 0 Å². The van der Waals surface area contributed by atoms with Crippen LogP contribution in [0.5, 0.6) is 0 Å². The van der Waals surface area contributed by atoms with Crippen molar-refractivity contribution in [2.24, 2.45) is 4.99 Å². The molecule has 0 radical (unpaired) electrons. The zero-order valence-corrected chi connectivity index (χ0v) is 27.4. The van der Waals surface area contributed by atoms with Gasteiger partial charge in [0, 0.05) is 11.3 Å². The highest BCUT2D eigenvalue weighted by Gasteiger charge is 2.49. The number of benzene rings is 4. The maximum atomic E-state index is 5.59. The number of pyridine rings is 1. The van der Waals surface area contributed by atoms with E-state index in [-0.39, 0.29) is 10.8 Å². The average Bonchev–Trinajstić information content (AvgIpc) is 3.35. The molecule has 1 aliphatic carbocycles. The first-order valence-corrected chi connectivity index (χ1v) is 16.2. The lowest BCUT2D eigenvalue weighted by atomic mass is 9.71. The molecule has 0 atom stereocenters. The monoisotopic (exact) mass is 586 g/mol. The third-order valence-corrected chi connectivity index (χ3v) is 9.53. The maximum Gasteiger partial charge on any atom is 0.105 e. The summed E-state index contributed by atoms with van der Waals surface area (Å²) in [5.41, 5.74) is 13.7. The number of aliphatic imine (C=N–C) groups is 1. The fourth-order valence-corrected chi connectivity index (χ4v) is 7.07. The Labute approximate surface area is 268 Å². The van der Waals surface area contributed by atoms with E-state index in [2.05, 4.69) is 163 Å². The van der Waals surface area contributed by atoms with Gasteiger partial charge < -0.3 is 0 Å². The van der Waals surface area contributed by atoms with Crippen LogP contribution in [0.1, 0.15) is 87.9 Å². The first-order valence-electron chi connectivity index (χ1n) is 16.2. The van der Waals surface area contributed by atoms with E-state index in [9.17, 15) is 0 Å².